The van der Waals surface area contributed by atoms with Gasteiger partial charge in [-0.25, -0.2) is 0 Å². The van der Waals surface area contributed by atoms with Gasteiger partial charge in [0.2, 0.25) is 0 Å². The minimum absolute atomic E-state index is 0.0378. The molecule has 0 bridgehead atoms. The average molecular weight is 368 g/mol. The molecule has 4 unspecified atom stereocenters. The normalized spacial score (nSPS) is 52.6. The maximum Gasteiger partial charge on any atom is 0.0923 e. The fraction of sp³-hybridized carbons (Fsp3) is 0.792. The van der Waals surface area contributed by atoms with E-state index in [1.54, 1.807) is 5.57 Å². The van der Waals surface area contributed by atoms with Crippen molar-refractivity contribution in [3.63, 3.8) is 0 Å². The van der Waals surface area contributed by atoms with Crippen LogP contribution >= 0.6 is 0 Å². The quantitative estimate of drug-likeness (QED) is 0.385. The Balaban J connectivity index is 1.39. The molecule has 4 saturated carbocycles. The average Bonchev–Trinajstić information content (AvgIpc) is 3.35. The second-order valence-corrected chi connectivity index (χ2v) is 10.6. The Bertz CT molecular complexity index is 735. The zero-order chi connectivity index (χ0) is 18.2. The molecule has 1 spiro atoms. The van der Waals surface area contributed by atoms with Gasteiger partial charge in [0.15, 0.2) is 0 Å². The maximum atomic E-state index is 9.30. The van der Waals surface area contributed by atoms with Crippen molar-refractivity contribution in [2.24, 2.45) is 46.1 Å². The van der Waals surface area contributed by atoms with E-state index in [1.807, 2.05) is 0 Å². The highest BCUT2D eigenvalue weighted by atomic mass is 16.5. The van der Waals surface area contributed by atoms with Gasteiger partial charge in [0, 0.05) is 5.41 Å². The van der Waals surface area contributed by atoms with Crippen LogP contribution in [0.25, 0.3) is 0 Å². The van der Waals surface area contributed by atoms with Gasteiger partial charge in [-0.3, -0.25) is 0 Å². The van der Waals surface area contributed by atoms with Crippen molar-refractivity contribution in [3.05, 3.63) is 23.8 Å². The second kappa shape index (κ2) is 5.72. The van der Waals surface area contributed by atoms with Gasteiger partial charge >= 0.3 is 0 Å². The number of ether oxygens (including phenoxy) is 1. The van der Waals surface area contributed by atoms with Crippen molar-refractivity contribution < 1.29 is 9.94 Å². The van der Waals surface area contributed by atoms with Crippen LogP contribution in [0.15, 0.2) is 29.0 Å². The number of fused-ring (bicyclic) bond motifs is 6. The fourth-order valence-electron chi connectivity index (χ4n) is 8.41. The van der Waals surface area contributed by atoms with E-state index in [9.17, 15) is 5.21 Å². The summed E-state index contributed by atoms with van der Waals surface area (Å²) in [7, 11) is 0. The Morgan fingerprint density at radius 3 is 2.74 bits per heavy atom. The lowest BCUT2D eigenvalue weighted by molar-refractivity contribution is -0.122. The smallest absolute Gasteiger partial charge is 0.0923 e. The van der Waals surface area contributed by atoms with Gasteiger partial charge in [0.1, 0.15) is 0 Å². The molecule has 0 saturated heterocycles. The van der Waals surface area contributed by atoms with Gasteiger partial charge in [0.05, 0.1) is 17.9 Å². The molecule has 3 heteroatoms. The first-order chi connectivity index (χ1) is 13.2. The molecule has 0 aromatic carbocycles. The van der Waals surface area contributed by atoms with Crippen LogP contribution in [-0.2, 0) is 4.74 Å². The third kappa shape index (κ3) is 2.21. The highest BCUT2D eigenvalue weighted by molar-refractivity contribution is 5.96. The first-order valence-electron chi connectivity index (χ1n) is 11.4. The molecule has 1 heterocycles. The molecule has 0 aromatic heterocycles. The van der Waals surface area contributed by atoms with Crippen molar-refractivity contribution in [1.82, 2.24) is 0 Å². The number of rotatable bonds is 1. The number of nitrogens with zero attached hydrogens (tertiary/aromatic N) is 1. The predicted molar refractivity (Wildman–Crippen MR) is 106 cm³/mol. The predicted octanol–water partition coefficient (Wildman–Crippen LogP) is 5.35. The van der Waals surface area contributed by atoms with Gasteiger partial charge in [0.25, 0.3) is 0 Å². The highest BCUT2D eigenvalue weighted by Crippen LogP contribution is 2.69. The summed E-state index contributed by atoms with van der Waals surface area (Å²) >= 11 is 0. The minimum atomic E-state index is 0.0378. The minimum Gasteiger partial charge on any atom is -0.411 e. The molecule has 0 radical (unpaired) electrons. The molecule has 0 amide bonds. The Labute approximate surface area is 162 Å². The Hall–Kier alpha value is -1.09. The highest BCUT2D eigenvalue weighted by Gasteiger charge is 2.65. The summed E-state index contributed by atoms with van der Waals surface area (Å²) < 4.78 is 6.43. The molecular formula is C24H33NO2. The largest absolute Gasteiger partial charge is 0.411 e. The number of hydrogen-bond donors (Lipinski definition) is 1. The number of oxime groups is 1. The van der Waals surface area contributed by atoms with E-state index in [4.69, 9.17) is 4.74 Å². The van der Waals surface area contributed by atoms with E-state index in [0.29, 0.717) is 5.41 Å². The molecule has 146 valence electrons. The van der Waals surface area contributed by atoms with E-state index in [0.717, 1.165) is 54.2 Å². The zero-order valence-corrected chi connectivity index (χ0v) is 16.6. The van der Waals surface area contributed by atoms with Crippen molar-refractivity contribution in [1.29, 1.82) is 0 Å². The summed E-state index contributed by atoms with van der Waals surface area (Å²) in [4.78, 5) is 0. The molecular weight excluding hydrogens is 334 g/mol. The first kappa shape index (κ1) is 16.8. The molecule has 7 atom stereocenters. The van der Waals surface area contributed by atoms with E-state index in [-0.39, 0.29) is 5.60 Å². The molecule has 6 rings (SSSR count). The standard InChI is InChI=1S/C24H33NO2/c1-23-10-7-19-18-6-5-17(25-26)13-16(18)14-20(15-3-4-15)22(19)21(23)8-11-24(23)9-2-12-27-24/h2,9,13,15,18-22,26H,3-8,10-12,14H2,1H3/t18-,19?,20?,21?,22?,23-,24-/m0/s1. The molecule has 3 nitrogen and oxygen atoms in total. The lowest BCUT2D eigenvalue weighted by atomic mass is 9.47. The SMILES string of the molecule is C[C@]12CCC3C(C(C4CC4)CC4=CC(=NO)CC[C@@H]43)C1CC[C@@]21C=CCO1. The van der Waals surface area contributed by atoms with Crippen molar-refractivity contribution >= 4 is 5.71 Å². The van der Waals surface area contributed by atoms with Gasteiger partial charge in [-0.1, -0.05) is 29.8 Å². The summed E-state index contributed by atoms with van der Waals surface area (Å²) in [6, 6.07) is 0. The van der Waals surface area contributed by atoms with E-state index >= 15 is 0 Å². The molecule has 4 fully saturated rings. The third-order valence-electron chi connectivity index (χ3n) is 9.77. The van der Waals surface area contributed by atoms with Gasteiger partial charge in [-0.05, 0) is 99.4 Å². The molecule has 5 aliphatic carbocycles. The van der Waals surface area contributed by atoms with Crippen LogP contribution in [0.5, 0.6) is 0 Å². The van der Waals surface area contributed by atoms with Crippen LogP contribution < -0.4 is 0 Å². The second-order valence-electron chi connectivity index (χ2n) is 10.6. The van der Waals surface area contributed by atoms with Gasteiger partial charge in [-0.2, -0.15) is 0 Å². The van der Waals surface area contributed by atoms with Crippen LogP contribution in [0.4, 0.5) is 0 Å². The van der Waals surface area contributed by atoms with Crippen LogP contribution in [0.2, 0.25) is 0 Å². The summed E-state index contributed by atoms with van der Waals surface area (Å²) in [5.74, 6) is 5.14. The Morgan fingerprint density at radius 1 is 1.11 bits per heavy atom. The summed E-state index contributed by atoms with van der Waals surface area (Å²) in [6.07, 6.45) is 18.6. The van der Waals surface area contributed by atoms with Crippen molar-refractivity contribution in [2.75, 3.05) is 6.61 Å². The first-order valence-corrected chi connectivity index (χ1v) is 11.4. The monoisotopic (exact) mass is 367 g/mol. The Morgan fingerprint density at radius 2 is 2.00 bits per heavy atom. The van der Waals surface area contributed by atoms with Gasteiger partial charge < -0.3 is 9.94 Å². The number of hydrogen-bond acceptors (Lipinski definition) is 3. The Kier molecular flexibility index (Phi) is 3.56. The lowest BCUT2D eigenvalue weighted by Gasteiger charge is -2.58. The molecule has 1 aliphatic heterocycles. The molecule has 1 N–H and O–H groups in total. The zero-order valence-electron chi connectivity index (χ0n) is 16.6. The fourth-order valence-corrected chi connectivity index (χ4v) is 8.41. The maximum absolute atomic E-state index is 9.30. The summed E-state index contributed by atoms with van der Waals surface area (Å²) in [6.45, 7) is 3.39. The van der Waals surface area contributed by atoms with E-state index in [2.05, 4.69) is 30.3 Å². The van der Waals surface area contributed by atoms with Crippen LogP contribution in [0, 0.1) is 40.9 Å². The number of allylic oxidation sites excluding steroid dienone is 2. The van der Waals surface area contributed by atoms with Crippen LogP contribution in [-0.4, -0.2) is 23.1 Å². The summed E-state index contributed by atoms with van der Waals surface area (Å²) in [5, 5.41) is 12.9. The third-order valence-corrected chi connectivity index (χ3v) is 9.77. The molecule has 27 heavy (non-hydrogen) atoms. The molecule has 0 aromatic rings. The topological polar surface area (TPSA) is 41.8 Å². The van der Waals surface area contributed by atoms with Gasteiger partial charge in [-0.15, -0.1) is 0 Å². The lowest BCUT2D eigenvalue weighted by Crippen LogP contribution is -2.54. The van der Waals surface area contributed by atoms with Crippen molar-refractivity contribution in [2.45, 2.75) is 70.3 Å². The van der Waals surface area contributed by atoms with E-state index in [1.165, 1.54) is 51.4 Å². The van der Waals surface area contributed by atoms with Crippen LogP contribution in [0.3, 0.4) is 0 Å². The van der Waals surface area contributed by atoms with Crippen LogP contribution in [0.1, 0.15) is 64.7 Å². The molecule has 6 aliphatic rings. The van der Waals surface area contributed by atoms with E-state index < -0.39 is 0 Å². The van der Waals surface area contributed by atoms with Crippen molar-refractivity contribution in [3.8, 4) is 0 Å². The summed E-state index contributed by atoms with van der Waals surface area (Å²) in [5.41, 5.74) is 2.91.